The van der Waals surface area contributed by atoms with E-state index in [1.54, 1.807) is 0 Å². The molecule has 0 fully saturated rings. The fourth-order valence-electron chi connectivity index (χ4n) is 1.51. The molecule has 0 atom stereocenters. The van der Waals surface area contributed by atoms with Gasteiger partial charge in [0.25, 0.3) is 0 Å². The van der Waals surface area contributed by atoms with Gasteiger partial charge in [0, 0.05) is 0 Å². The standard InChI is InChI=1S/C13H32N2Si/c1-8-15(9-2)12-10-11-14-16(6,7)13(3,4)5/h14H,8-12H2,1-7H3. The number of hydrogen-bond donors (Lipinski definition) is 1. The van der Waals surface area contributed by atoms with Crippen LogP contribution in [0.1, 0.15) is 41.0 Å². The average molecular weight is 244 g/mol. The van der Waals surface area contributed by atoms with Gasteiger partial charge in [-0.15, -0.1) is 0 Å². The monoisotopic (exact) mass is 244 g/mol. The van der Waals surface area contributed by atoms with Gasteiger partial charge in [0.1, 0.15) is 8.24 Å². The maximum atomic E-state index is 3.81. The van der Waals surface area contributed by atoms with Gasteiger partial charge < -0.3 is 9.88 Å². The van der Waals surface area contributed by atoms with Crippen molar-refractivity contribution in [3.8, 4) is 0 Å². The van der Waals surface area contributed by atoms with Crippen molar-refractivity contribution in [2.75, 3.05) is 26.2 Å². The van der Waals surface area contributed by atoms with Gasteiger partial charge in [-0.25, -0.2) is 0 Å². The Balaban J connectivity index is 3.82. The molecule has 0 heterocycles. The topological polar surface area (TPSA) is 15.3 Å². The zero-order valence-electron chi connectivity index (χ0n) is 12.5. The van der Waals surface area contributed by atoms with E-state index in [0.717, 1.165) is 0 Å². The first kappa shape index (κ1) is 16.1. The second-order valence-corrected chi connectivity index (χ2v) is 11.3. The van der Waals surface area contributed by atoms with Gasteiger partial charge in [-0.3, -0.25) is 0 Å². The van der Waals surface area contributed by atoms with Crippen molar-refractivity contribution in [3.05, 3.63) is 0 Å². The maximum Gasteiger partial charge on any atom is 0.124 e. The SMILES string of the molecule is CCN(CC)CCCN[Si](C)(C)C(C)(C)C. The highest BCUT2D eigenvalue weighted by Gasteiger charge is 2.34. The summed E-state index contributed by atoms with van der Waals surface area (Å²) in [5.41, 5.74) is 0. The minimum absolute atomic E-state index is 0.447. The molecule has 0 aromatic rings. The molecule has 0 aliphatic rings. The summed E-state index contributed by atoms with van der Waals surface area (Å²) in [5.74, 6) is 0. The lowest BCUT2D eigenvalue weighted by Gasteiger charge is -2.37. The Morgan fingerprint density at radius 1 is 1.06 bits per heavy atom. The van der Waals surface area contributed by atoms with Crippen LogP contribution in [0.15, 0.2) is 0 Å². The van der Waals surface area contributed by atoms with Crippen molar-refractivity contribution in [1.29, 1.82) is 0 Å². The maximum absolute atomic E-state index is 3.81. The normalized spacial score (nSPS) is 13.5. The highest BCUT2D eigenvalue weighted by Crippen LogP contribution is 2.33. The first-order valence-corrected chi connectivity index (χ1v) is 9.72. The quantitative estimate of drug-likeness (QED) is 0.546. The van der Waals surface area contributed by atoms with Crippen LogP contribution in [-0.4, -0.2) is 39.3 Å². The van der Waals surface area contributed by atoms with Crippen LogP contribution in [0, 0.1) is 0 Å². The Hall–Kier alpha value is 0.137. The molecule has 0 saturated heterocycles. The highest BCUT2D eigenvalue weighted by atomic mass is 28.3. The fraction of sp³-hybridized carbons (Fsp3) is 1.00. The molecular weight excluding hydrogens is 212 g/mol. The lowest BCUT2D eigenvalue weighted by Crippen LogP contribution is -2.52. The van der Waals surface area contributed by atoms with Gasteiger partial charge in [0.05, 0.1) is 0 Å². The van der Waals surface area contributed by atoms with Crippen LogP contribution in [0.3, 0.4) is 0 Å². The molecule has 0 bridgehead atoms. The summed E-state index contributed by atoms with van der Waals surface area (Å²) in [7, 11) is -1.27. The number of rotatable bonds is 7. The summed E-state index contributed by atoms with van der Waals surface area (Å²) >= 11 is 0. The zero-order chi connectivity index (χ0) is 12.8. The summed E-state index contributed by atoms with van der Waals surface area (Å²) in [6, 6.07) is 0. The van der Waals surface area contributed by atoms with Gasteiger partial charge >= 0.3 is 0 Å². The second kappa shape index (κ2) is 6.77. The van der Waals surface area contributed by atoms with Crippen LogP contribution in [0.4, 0.5) is 0 Å². The van der Waals surface area contributed by atoms with E-state index in [2.05, 4.69) is 57.6 Å². The Morgan fingerprint density at radius 2 is 1.56 bits per heavy atom. The first-order chi connectivity index (χ1) is 7.24. The van der Waals surface area contributed by atoms with E-state index in [1.165, 1.54) is 32.6 Å². The van der Waals surface area contributed by atoms with E-state index in [9.17, 15) is 0 Å². The molecule has 98 valence electrons. The van der Waals surface area contributed by atoms with Crippen molar-refractivity contribution < 1.29 is 0 Å². The molecule has 16 heavy (non-hydrogen) atoms. The summed E-state index contributed by atoms with van der Waals surface area (Å²) < 4.78 is 0. The third kappa shape index (κ3) is 5.46. The summed E-state index contributed by atoms with van der Waals surface area (Å²) in [6.45, 7) is 21.2. The molecule has 0 aliphatic carbocycles. The Labute approximate surface area is 104 Å². The number of nitrogens with one attached hydrogen (secondary N) is 1. The van der Waals surface area contributed by atoms with Crippen LogP contribution in [-0.2, 0) is 0 Å². The predicted molar refractivity (Wildman–Crippen MR) is 77.6 cm³/mol. The molecule has 0 spiro atoms. The zero-order valence-corrected chi connectivity index (χ0v) is 13.5. The summed E-state index contributed by atoms with van der Waals surface area (Å²) in [5, 5.41) is 0.447. The van der Waals surface area contributed by atoms with Crippen LogP contribution < -0.4 is 4.98 Å². The van der Waals surface area contributed by atoms with Gasteiger partial charge in [0.2, 0.25) is 0 Å². The van der Waals surface area contributed by atoms with Gasteiger partial charge in [-0.05, 0) is 37.6 Å². The van der Waals surface area contributed by atoms with E-state index in [1.807, 2.05) is 0 Å². The van der Waals surface area contributed by atoms with E-state index < -0.39 is 8.24 Å². The van der Waals surface area contributed by atoms with E-state index >= 15 is 0 Å². The first-order valence-electron chi connectivity index (χ1n) is 6.72. The largest absolute Gasteiger partial charge is 0.337 e. The van der Waals surface area contributed by atoms with E-state index in [0.29, 0.717) is 5.04 Å². The highest BCUT2D eigenvalue weighted by molar-refractivity contribution is 6.77. The minimum atomic E-state index is -1.27. The van der Waals surface area contributed by atoms with Crippen LogP contribution in [0.5, 0.6) is 0 Å². The van der Waals surface area contributed by atoms with Crippen molar-refractivity contribution in [2.45, 2.75) is 59.2 Å². The third-order valence-corrected chi connectivity index (χ3v) is 8.87. The summed E-state index contributed by atoms with van der Waals surface area (Å²) in [6.07, 6.45) is 1.27. The van der Waals surface area contributed by atoms with Crippen molar-refractivity contribution in [1.82, 2.24) is 9.88 Å². The predicted octanol–water partition coefficient (Wildman–Crippen LogP) is 3.31. The molecule has 0 amide bonds. The van der Waals surface area contributed by atoms with Gasteiger partial charge in [-0.1, -0.05) is 47.7 Å². The molecule has 0 aliphatic heterocycles. The average Bonchev–Trinajstić information content (AvgIpc) is 2.16. The molecular formula is C13H32N2Si. The number of hydrogen-bond acceptors (Lipinski definition) is 2. The van der Waals surface area contributed by atoms with E-state index in [4.69, 9.17) is 0 Å². The van der Waals surface area contributed by atoms with Crippen LogP contribution in [0.2, 0.25) is 18.1 Å². The van der Waals surface area contributed by atoms with Gasteiger partial charge in [0.15, 0.2) is 0 Å². The number of nitrogens with zero attached hydrogens (tertiary/aromatic N) is 1. The molecule has 2 nitrogen and oxygen atoms in total. The fourth-order valence-corrected chi connectivity index (χ4v) is 2.84. The second-order valence-electron chi connectivity index (χ2n) is 6.18. The van der Waals surface area contributed by atoms with Crippen LogP contribution >= 0.6 is 0 Å². The minimum Gasteiger partial charge on any atom is -0.337 e. The molecule has 0 aromatic heterocycles. The molecule has 3 heteroatoms. The molecule has 0 radical (unpaired) electrons. The van der Waals surface area contributed by atoms with Gasteiger partial charge in [-0.2, -0.15) is 0 Å². The lowest BCUT2D eigenvalue weighted by atomic mass is 10.2. The Kier molecular flexibility index (Phi) is 6.83. The van der Waals surface area contributed by atoms with E-state index in [-0.39, 0.29) is 0 Å². The Bertz CT molecular complexity index is 181. The Morgan fingerprint density at radius 3 is 1.94 bits per heavy atom. The molecule has 0 unspecified atom stereocenters. The van der Waals surface area contributed by atoms with Crippen LogP contribution in [0.25, 0.3) is 0 Å². The third-order valence-electron chi connectivity index (χ3n) is 3.99. The summed E-state index contributed by atoms with van der Waals surface area (Å²) in [4.78, 5) is 6.31. The molecule has 0 aromatic carbocycles. The van der Waals surface area contributed by atoms with Crippen molar-refractivity contribution >= 4 is 8.24 Å². The smallest absolute Gasteiger partial charge is 0.124 e. The molecule has 1 N–H and O–H groups in total. The molecule has 0 saturated carbocycles. The van der Waals surface area contributed by atoms with Crippen molar-refractivity contribution in [2.24, 2.45) is 0 Å². The van der Waals surface area contributed by atoms with Crippen molar-refractivity contribution in [3.63, 3.8) is 0 Å². The molecule has 0 rings (SSSR count). The lowest BCUT2D eigenvalue weighted by molar-refractivity contribution is 0.300.